The minimum Gasteiger partial charge on any atom is -0.480 e. The Morgan fingerprint density at radius 3 is 2.42 bits per heavy atom. The molecule has 2 aliphatic rings. The Hall–Kier alpha value is -1.67. The van der Waals surface area contributed by atoms with Crippen LogP contribution in [-0.2, 0) is 20.8 Å². The van der Waals surface area contributed by atoms with E-state index in [0.29, 0.717) is 48.8 Å². The topological polar surface area (TPSA) is 98.7 Å². The number of nitrogens with one attached hydrogen (secondary N) is 2. The Bertz CT molecular complexity index is 834. The van der Waals surface area contributed by atoms with Gasteiger partial charge in [0.05, 0.1) is 6.04 Å². The van der Waals surface area contributed by atoms with E-state index < -0.39 is 17.6 Å². The second-order valence-electron chi connectivity index (χ2n) is 8.44. The number of hydrogen-bond acceptors (Lipinski definition) is 5. The third kappa shape index (κ3) is 5.58. The number of carbonyl (C=O) groups is 3. The van der Waals surface area contributed by atoms with Gasteiger partial charge >= 0.3 is 5.97 Å². The molecule has 0 aromatic heterocycles. The molecule has 170 valence electrons. The number of hydrogen-bond donors (Lipinski definition) is 3. The highest BCUT2D eigenvalue weighted by Gasteiger charge is 2.48. The second-order valence-corrected chi connectivity index (χ2v) is 9.29. The third-order valence-electron chi connectivity index (χ3n) is 6.50. The number of carbonyl (C=O) groups excluding carboxylic acids is 2. The molecule has 1 aromatic rings. The first-order chi connectivity index (χ1) is 14.7. The van der Waals surface area contributed by atoms with E-state index in [2.05, 4.69) is 10.6 Å². The van der Waals surface area contributed by atoms with Crippen LogP contribution in [0.5, 0.6) is 0 Å². The predicted molar refractivity (Wildman–Crippen MR) is 120 cm³/mol. The van der Waals surface area contributed by atoms with Crippen molar-refractivity contribution in [2.75, 3.05) is 26.2 Å². The van der Waals surface area contributed by atoms with Crippen molar-refractivity contribution in [3.05, 3.63) is 33.8 Å². The van der Waals surface area contributed by atoms with Crippen LogP contribution in [0.3, 0.4) is 0 Å². The summed E-state index contributed by atoms with van der Waals surface area (Å²) in [6.45, 7) is 4.29. The molecule has 1 atom stereocenters. The standard InChI is InChI=1S/C22H29Cl2N3O4/c1-14(28)26-19(12-16-2-3-17(23)13-18(16)24)20(29)15-4-6-22(7-5-15,21(30)31)27-10-8-25-9-11-27/h2-3,13,15,19,25H,4-12H2,1H3,(H,26,28)(H,30,31). The van der Waals surface area contributed by atoms with E-state index in [1.54, 1.807) is 18.2 Å². The molecule has 0 radical (unpaired) electrons. The molecule has 1 aliphatic carbocycles. The first kappa shape index (κ1) is 24.0. The summed E-state index contributed by atoms with van der Waals surface area (Å²) in [5, 5.41) is 17.0. The molecule has 1 aliphatic heterocycles. The summed E-state index contributed by atoms with van der Waals surface area (Å²) in [4.78, 5) is 39.3. The van der Waals surface area contributed by atoms with Gasteiger partial charge in [-0.3, -0.25) is 19.3 Å². The normalized spacial score (nSPS) is 25.6. The zero-order valence-electron chi connectivity index (χ0n) is 17.6. The van der Waals surface area contributed by atoms with Crippen molar-refractivity contribution < 1.29 is 19.5 Å². The average Bonchev–Trinajstić information content (AvgIpc) is 2.75. The SMILES string of the molecule is CC(=O)NC(Cc1ccc(Cl)cc1Cl)C(=O)C1CCC(C(=O)O)(N2CCNCC2)CC1. The van der Waals surface area contributed by atoms with Crippen LogP contribution in [0.25, 0.3) is 0 Å². The summed E-state index contributed by atoms with van der Waals surface area (Å²) < 4.78 is 0. The van der Waals surface area contributed by atoms with E-state index in [1.807, 2.05) is 4.90 Å². The highest BCUT2D eigenvalue weighted by atomic mass is 35.5. The van der Waals surface area contributed by atoms with Gasteiger partial charge in [-0.25, -0.2) is 0 Å². The Balaban J connectivity index is 1.72. The minimum atomic E-state index is -0.915. The fourth-order valence-corrected chi connectivity index (χ4v) is 5.28. The van der Waals surface area contributed by atoms with Crippen molar-refractivity contribution in [2.24, 2.45) is 5.92 Å². The second kappa shape index (κ2) is 10.3. The molecule has 31 heavy (non-hydrogen) atoms. The van der Waals surface area contributed by atoms with Gasteiger partial charge in [-0.2, -0.15) is 0 Å². The van der Waals surface area contributed by atoms with Crippen LogP contribution < -0.4 is 10.6 Å². The molecule has 1 aromatic carbocycles. The van der Waals surface area contributed by atoms with E-state index in [-0.39, 0.29) is 24.0 Å². The van der Waals surface area contributed by atoms with E-state index in [9.17, 15) is 19.5 Å². The Labute approximate surface area is 192 Å². The molecule has 3 N–H and O–H groups in total. The largest absolute Gasteiger partial charge is 0.480 e. The summed E-state index contributed by atoms with van der Waals surface area (Å²) in [5.74, 6) is -1.47. The number of ketones is 1. The summed E-state index contributed by atoms with van der Waals surface area (Å²) in [6.07, 6.45) is 2.09. The molecular formula is C22H29Cl2N3O4. The van der Waals surface area contributed by atoms with Crippen LogP contribution in [-0.4, -0.2) is 65.4 Å². The average molecular weight is 470 g/mol. The maximum atomic E-state index is 13.3. The van der Waals surface area contributed by atoms with Gasteiger partial charge in [-0.1, -0.05) is 29.3 Å². The van der Waals surface area contributed by atoms with Gasteiger partial charge in [0.2, 0.25) is 5.91 Å². The molecule has 1 saturated carbocycles. The maximum Gasteiger partial charge on any atom is 0.324 e. The lowest BCUT2D eigenvalue weighted by Gasteiger charge is -2.46. The molecule has 1 amide bonds. The number of carboxylic acids is 1. The van der Waals surface area contributed by atoms with Crippen molar-refractivity contribution >= 4 is 40.9 Å². The molecule has 3 rings (SSSR count). The Kier molecular flexibility index (Phi) is 7.97. The van der Waals surface area contributed by atoms with E-state index in [4.69, 9.17) is 23.2 Å². The number of nitrogens with zero attached hydrogens (tertiary/aromatic N) is 1. The zero-order valence-corrected chi connectivity index (χ0v) is 19.1. The van der Waals surface area contributed by atoms with Crippen LogP contribution in [0.4, 0.5) is 0 Å². The number of Topliss-reactive ketones (excluding diaryl/α,β-unsaturated/α-hetero) is 1. The van der Waals surface area contributed by atoms with Crippen LogP contribution >= 0.6 is 23.2 Å². The summed E-state index contributed by atoms with van der Waals surface area (Å²) in [5.41, 5.74) is -0.184. The van der Waals surface area contributed by atoms with Gasteiger partial charge in [0.1, 0.15) is 5.54 Å². The van der Waals surface area contributed by atoms with Crippen LogP contribution in [0.1, 0.15) is 38.2 Å². The number of aliphatic carboxylic acids is 1. The number of piperazine rings is 1. The highest BCUT2D eigenvalue weighted by molar-refractivity contribution is 6.35. The number of halogens is 2. The summed E-state index contributed by atoms with van der Waals surface area (Å²) in [7, 11) is 0. The lowest BCUT2D eigenvalue weighted by molar-refractivity contribution is -0.156. The monoisotopic (exact) mass is 469 g/mol. The maximum absolute atomic E-state index is 13.3. The fourth-order valence-electron chi connectivity index (χ4n) is 4.80. The number of carboxylic acid groups (broad SMARTS) is 1. The third-order valence-corrected chi connectivity index (χ3v) is 7.08. The van der Waals surface area contributed by atoms with Gasteiger partial charge in [0.25, 0.3) is 0 Å². The first-order valence-corrected chi connectivity index (χ1v) is 11.4. The Morgan fingerprint density at radius 2 is 1.87 bits per heavy atom. The smallest absolute Gasteiger partial charge is 0.324 e. The predicted octanol–water partition coefficient (Wildman–Crippen LogP) is 2.53. The van der Waals surface area contributed by atoms with E-state index in [0.717, 1.165) is 18.7 Å². The fraction of sp³-hybridized carbons (Fsp3) is 0.591. The quantitative estimate of drug-likeness (QED) is 0.567. The van der Waals surface area contributed by atoms with Crippen LogP contribution in [0, 0.1) is 5.92 Å². The van der Waals surface area contributed by atoms with Gasteiger partial charge in [0.15, 0.2) is 5.78 Å². The molecule has 9 heteroatoms. The van der Waals surface area contributed by atoms with Crippen molar-refractivity contribution in [3.8, 4) is 0 Å². The van der Waals surface area contributed by atoms with Crippen molar-refractivity contribution in [2.45, 2.75) is 50.6 Å². The van der Waals surface area contributed by atoms with Crippen molar-refractivity contribution in [1.29, 1.82) is 0 Å². The van der Waals surface area contributed by atoms with Gasteiger partial charge in [0, 0.05) is 55.5 Å². The molecule has 1 unspecified atom stereocenters. The number of benzene rings is 1. The first-order valence-electron chi connectivity index (χ1n) is 10.7. The summed E-state index contributed by atoms with van der Waals surface area (Å²) >= 11 is 12.2. The molecule has 0 bridgehead atoms. The van der Waals surface area contributed by atoms with Gasteiger partial charge in [-0.15, -0.1) is 0 Å². The minimum absolute atomic E-state index is 0.0690. The van der Waals surface area contributed by atoms with E-state index in [1.165, 1.54) is 6.92 Å². The lowest BCUT2D eigenvalue weighted by atomic mass is 9.72. The van der Waals surface area contributed by atoms with Gasteiger partial charge in [-0.05, 0) is 43.4 Å². The molecule has 2 fully saturated rings. The van der Waals surface area contributed by atoms with Crippen molar-refractivity contribution in [1.82, 2.24) is 15.5 Å². The number of rotatable bonds is 7. The molecular weight excluding hydrogens is 441 g/mol. The zero-order chi connectivity index (χ0) is 22.6. The van der Waals surface area contributed by atoms with Crippen LogP contribution in [0.2, 0.25) is 10.0 Å². The van der Waals surface area contributed by atoms with Gasteiger partial charge < -0.3 is 15.7 Å². The molecule has 0 spiro atoms. The molecule has 7 nitrogen and oxygen atoms in total. The number of amides is 1. The lowest BCUT2D eigenvalue weighted by Crippen LogP contribution is -2.62. The molecule has 1 heterocycles. The van der Waals surface area contributed by atoms with Crippen molar-refractivity contribution in [3.63, 3.8) is 0 Å². The van der Waals surface area contributed by atoms with Crippen LogP contribution in [0.15, 0.2) is 18.2 Å². The highest BCUT2D eigenvalue weighted by Crippen LogP contribution is 2.38. The van der Waals surface area contributed by atoms with E-state index >= 15 is 0 Å². The Morgan fingerprint density at radius 1 is 1.23 bits per heavy atom. The molecule has 1 saturated heterocycles. The summed E-state index contributed by atoms with van der Waals surface area (Å²) in [6, 6.07) is 4.36.